The van der Waals surface area contributed by atoms with Crippen LogP contribution in [0.25, 0.3) is 22.3 Å². The minimum atomic E-state index is -4.61. The number of fused-ring (bicyclic) bond motifs is 2. The van der Waals surface area contributed by atoms with E-state index in [-0.39, 0.29) is 89.4 Å². The summed E-state index contributed by atoms with van der Waals surface area (Å²) >= 11 is 31.0. The van der Waals surface area contributed by atoms with Gasteiger partial charge in [-0.1, -0.05) is 31.4 Å². The first-order chi connectivity index (χ1) is 49.4. The van der Waals surface area contributed by atoms with Crippen LogP contribution in [0.5, 0.6) is 0 Å². The van der Waals surface area contributed by atoms with Gasteiger partial charge < -0.3 is 91.8 Å². The molecule has 5 fully saturated rings. The van der Waals surface area contributed by atoms with Crippen LogP contribution in [0.1, 0.15) is 81.3 Å². The second-order valence-corrected chi connectivity index (χ2v) is 41.1. The Balaban J connectivity index is 0.753. The third kappa shape index (κ3) is 18.8. The summed E-state index contributed by atoms with van der Waals surface area (Å²) in [5, 5.41) is 0. The second kappa shape index (κ2) is 31.9. The largest absolute Gasteiger partial charge is 0.386 e. The topological polar surface area (TPSA) is 566 Å². The molecule has 574 valence electrons. The van der Waals surface area contributed by atoms with Crippen molar-refractivity contribution in [3.63, 3.8) is 0 Å². The summed E-state index contributed by atoms with van der Waals surface area (Å²) in [5.41, 5.74) is 8.52. The number of hydrogen-bond donors (Lipinski definition) is 12. The molecule has 54 heteroatoms. The van der Waals surface area contributed by atoms with Crippen molar-refractivity contribution in [2.75, 3.05) is 57.3 Å². The third-order valence-corrected chi connectivity index (χ3v) is 25.9. The Hall–Kier alpha value is -4.85. The molecule has 105 heavy (non-hydrogen) atoms. The average Bonchev–Trinajstić information content (AvgIpc) is 1.64. The predicted molar refractivity (Wildman–Crippen MR) is 388 cm³/mol. The van der Waals surface area contributed by atoms with E-state index in [1.807, 2.05) is 6.92 Å². The van der Waals surface area contributed by atoms with Gasteiger partial charge in [0.25, 0.3) is 22.2 Å². The lowest BCUT2D eigenvalue weighted by molar-refractivity contribution is -0.0528. The highest BCUT2D eigenvalue weighted by Crippen LogP contribution is 2.60. The van der Waals surface area contributed by atoms with Gasteiger partial charge >= 0.3 is 44.0 Å². The van der Waals surface area contributed by atoms with E-state index < -0.39 is 184 Å². The van der Waals surface area contributed by atoms with Crippen LogP contribution in [0, 0.1) is 19.8 Å². The van der Waals surface area contributed by atoms with E-state index in [0.717, 1.165) is 16.2 Å². The first-order valence-corrected chi connectivity index (χ1v) is 45.5. The van der Waals surface area contributed by atoms with E-state index in [2.05, 4.69) is 69.4 Å². The molecule has 0 aliphatic carbocycles. The molecule has 43 nitrogen and oxygen atoms in total. The van der Waals surface area contributed by atoms with Gasteiger partial charge in [0.15, 0.2) is 22.3 Å². The quantitative estimate of drug-likeness (QED) is 0.0231. The summed E-state index contributed by atoms with van der Waals surface area (Å²) in [4.78, 5) is 154. The molecule has 0 aromatic carbocycles. The fourth-order valence-electron chi connectivity index (χ4n) is 12.0. The zero-order chi connectivity index (χ0) is 75.6. The molecular weight excluding hydrogens is 1610 g/mol. The van der Waals surface area contributed by atoms with Crippen molar-refractivity contribution in [3.05, 3.63) is 121 Å². The molecule has 7 aromatic heterocycles. The van der Waals surface area contributed by atoms with E-state index in [1.54, 1.807) is 0 Å². The molecule has 5 aliphatic rings. The first kappa shape index (κ1) is 79.7. The van der Waals surface area contributed by atoms with Gasteiger partial charge in [-0.15, -0.1) is 0 Å². The normalized spacial score (nSPS) is 29.3. The zero-order valence-corrected chi connectivity index (χ0v) is 64.4. The highest BCUT2D eigenvalue weighted by molar-refractivity contribution is 8.60. The maximum atomic E-state index is 14.4. The number of aromatic nitrogens is 14. The Bertz CT molecular complexity index is 5160. The van der Waals surface area contributed by atoms with Gasteiger partial charge in [0, 0.05) is 62.5 Å². The van der Waals surface area contributed by atoms with Crippen molar-refractivity contribution >= 4 is 144 Å². The van der Waals surface area contributed by atoms with Gasteiger partial charge in [0.2, 0.25) is 17.6 Å². The van der Waals surface area contributed by atoms with Crippen LogP contribution in [0.4, 0.5) is 17.7 Å². The van der Waals surface area contributed by atoms with E-state index in [1.165, 1.54) is 64.9 Å². The van der Waals surface area contributed by atoms with Crippen molar-refractivity contribution in [3.8, 4) is 0 Å². The fourth-order valence-corrected chi connectivity index (χ4v) is 19.2. The third-order valence-electron chi connectivity index (χ3n) is 17.2. The molecule has 13 N–H and O–H groups in total. The lowest BCUT2D eigenvalue weighted by Crippen LogP contribution is -2.33. The Labute approximate surface area is 620 Å². The second-order valence-electron chi connectivity index (χ2n) is 24.4. The average molecular weight is 1680 g/mol. The molecule has 20 atom stereocenters. The van der Waals surface area contributed by atoms with Crippen LogP contribution < -0.4 is 56.5 Å². The lowest BCUT2D eigenvalue weighted by Gasteiger charge is -2.28. The molecule has 12 rings (SSSR count). The molecule has 12 heterocycles. The summed E-state index contributed by atoms with van der Waals surface area (Å²) in [7, 11) is 1.12. The molecular formula is C51H68N17O26P5S6. The SMILES string of the molecule is COP(O)(=S)OCC1O[C@@H](n2cnc3c(=O)[nH]c(N)nc32)C[C@H]1OP(=O)(S)OCC1O[C@@H](n2cc(C)c(=O)[nH]c2=O)C[C@H]1OP(O)(=S)OCC1O[C@@H](n2cnc3c(=O)[nH]c(N)nc32)C[C@H]1OP(=S)(S)OCC1O[C@@H](n2cc(C)c(=O)[nH]c2=O)C[C@H]1OP(O)(=S)OCC1O[C@@H](n2ccc(N)nc2=O)C[C@H]1C. The van der Waals surface area contributed by atoms with Crippen molar-refractivity contribution in [2.45, 2.75) is 139 Å². The number of imidazole rings is 2. The maximum Gasteiger partial charge on any atom is 0.386 e. The predicted octanol–water partition coefficient (Wildman–Crippen LogP) is 1.16. The van der Waals surface area contributed by atoms with Gasteiger partial charge in [-0.2, -0.15) is 15.0 Å². The van der Waals surface area contributed by atoms with E-state index in [0.29, 0.717) is 6.42 Å². The number of aryl methyl sites for hydroxylation is 2. The van der Waals surface area contributed by atoms with E-state index >= 15 is 0 Å². The number of nitrogens with two attached hydrogens (primary N) is 3. The molecule has 0 saturated carbocycles. The van der Waals surface area contributed by atoms with Crippen LogP contribution in [-0.4, -0.2) is 177 Å². The number of thiol groups is 2. The summed E-state index contributed by atoms with van der Waals surface area (Å²) in [6, 6.07) is 1.44. The number of nitrogen functional groups attached to an aromatic ring is 3. The van der Waals surface area contributed by atoms with Gasteiger partial charge in [-0.25, -0.2) is 28.9 Å². The summed E-state index contributed by atoms with van der Waals surface area (Å²) in [6.45, 7) is -15.3. The minimum absolute atomic E-state index is 0.0131. The van der Waals surface area contributed by atoms with Crippen molar-refractivity contribution in [1.82, 2.24) is 67.7 Å². The molecule has 0 bridgehead atoms. The molecule has 0 amide bonds. The number of H-pyrrole nitrogens is 4. The Kier molecular flexibility index (Phi) is 24.2. The highest BCUT2D eigenvalue weighted by atomic mass is 32.9. The molecule has 7 aromatic rings. The van der Waals surface area contributed by atoms with Crippen LogP contribution in [0.2, 0.25) is 0 Å². The van der Waals surface area contributed by atoms with Crippen LogP contribution in [0.3, 0.4) is 0 Å². The van der Waals surface area contributed by atoms with Crippen LogP contribution >= 0.6 is 57.1 Å². The molecule has 0 radical (unpaired) electrons. The maximum absolute atomic E-state index is 14.4. The number of ether oxygens (including phenoxy) is 5. The summed E-state index contributed by atoms with van der Waals surface area (Å²) in [5.74, 6) is -0.699. The number of anilines is 3. The van der Waals surface area contributed by atoms with Gasteiger partial charge in [-0.3, -0.25) is 71.0 Å². The summed E-state index contributed by atoms with van der Waals surface area (Å²) in [6.07, 6.45) is -10.4. The minimum Gasteiger partial charge on any atom is -0.383 e. The molecule has 5 aliphatic heterocycles. The smallest absolute Gasteiger partial charge is 0.383 e. The Morgan fingerprint density at radius 2 is 0.914 bits per heavy atom. The Morgan fingerprint density at radius 1 is 0.524 bits per heavy atom. The van der Waals surface area contributed by atoms with Crippen molar-refractivity contribution in [1.29, 1.82) is 0 Å². The number of hydrogen-bond acceptors (Lipinski definition) is 35. The van der Waals surface area contributed by atoms with E-state index in [4.69, 9.17) is 133 Å². The lowest BCUT2D eigenvalue weighted by atomic mass is 10.0. The molecule has 10 unspecified atom stereocenters. The van der Waals surface area contributed by atoms with Crippen molar-refractivity contribution in [2.24, 2.45) is 5.92 Å². The van der Waals surface area contributed by atoms with Gasteiger partial charge in [0.05, 0.1) is 70.1 Å². The summed E-state index contributed by atoms with van der Waals surface area (Å²) < 4.78 is 111. The first-order valence-electron chi connectivity index (χ1n) is 31.3. The van der Waals surface area contributed by atoms with Crippen LogP contribution in [-0.2, 0) is 121 Å². The number of nitrogens with one attached hydrogen (secondary N) is 4. The number of aromatic amines is 4. The monoisotopic (exact) mass is 1680 g/mol. The Morgan fingerprint density at radius 3 is 1.37 bits per heavy atom. The van der Waals surface area contributed by atoms with Crippen LogP contribution in [0.15, 0.2) is 70.9 Å². The highest BCUT2D eigenvalue weighted by Gasteiger charge is 2.49. The van der Waals surface area contributed by atoms with E-state index in [9.17, 15) is 52.8 Å². The number of rotatable bonds is 29. The molecule has 0 spiro atoms. The standard InChI is InChI=1S/C51H68N17O26P5S6/c1-21-7-34(64-6-5-33(52)57-49(64)73)86-28(21)14-82-96(77,101)92-25-9-36(66-13-23(3)44(70)63-51(66)75)88-32(25)18-85-99(104,105)94-27-11-38(68-20-56-40-42(68)59-48(54)61-46(40)72)90-31(27)17-84-98(79,103)91-24-8-35(65-12-22(2)43(69)62-50(65)74)87-30(24)16-83-97(78,102)93-26-10-37(89-29(26)15-81-95(76,100)80-4)67-19-55-39-41(67)58-47(53)60-45(39)71/h5-6,12-13,19-21,24-32,34-38H,7-11,14-18H2,1-4H3,(H,76,100)(H,77,101)(H,78,102)(H,79,103)(H,104,105)(H2,52,57,73)(H,62,69,74)(H,63,70,75)(H3,53,58,60,71)(H3,54,59,61,72)/t21-,24-,25-,26-,27-,28?,29?,30?,31?,32?,34-,35-,36-,37-,38-,95?,96?,97?,98?/m1/s1. The molecule has 5 saturated heterocycles. The van der Waals surface area contributed by atoms with Gasteiger partial charge in [-0.05, 0) is 79.5 Å². The van der Waals surface area contributed by atoms with Gasteiger partial charge in [0.1, 0.15) is 67.5 Å². The number of nitrogens with zero attached hydrogens (tertiary/aromatic N) is 10. The van der Waals surface area contributed by atoms with Crippen molar-refractivity contribution < 1.29 is 88.2 Å². The fraction of sp³-hybridized carbons (Fsp3) is 0.569. The zero-order valence-electron chi connectivity index (χ0n) is 54.9.